The molecule has 2 N–H and O–H groups in total. The molecule has 0 saturated heterocycles. The SMILES string of the molecule is CCn1nc(C)c(N)c1C(=O)N(C)CCS(C)(=O)=O. The minimum Gasteiger partial charge on any atom is -0.395 e. The van der Waals surface area contributed by atoms with Crippen LogP contribution in [-0.4, -0.2) is 54.6 Å². The van der Waals surface area contributed by atoms with Crippen molar-refractivity contribution >= 4 is 21.4 Å². The summed E-state index contributed by atoms with van der Waals surface area (Å²) in [6.07, 6.45) is 1.14. The number of rotatable bonds is 5. The number of nitrogens with two attached hydrogens (primary N) is 1. The third-order valence-corrected chi connectivity index (χ3v) is 3.74. The molecular formula is C11H20N4O3S. The van der Waals surface area contributed by atoms with E-state index in [1.54, 1.807) is 14.0 Å². The van der Waals surface area contributed by atoms with Crippen molar-refractivity contribution in [2.45, 2.75) is 20.4 Å². The van der Waals surface area contributed by atoms with Gasteiger partial charge in [-0.25, -0.2) is 8.42 Å². The van der Waals surface area contributed by atoms with Crippen molar-refractivity contribution in [3.05, 3.63) is 11.4 Å². The fourth-order valence-corrected chi connectivity index (χ4v) is 2.24. The molecule has 0 atom stereocenters. The van der Waals surface area contributed by atoms with Crippen molar-refractivity contribution < 1.29 is 13.2 Å². The van der Waals surface area contributed by atoms with Crippen molar-refractivity contribution in [2.24, 2.45) is 0 Å². The molecule has 1 rings (SSSR count). The van der Waals surface area contributed by atoms with Gasteiger partial charge in [0.25, 0.3) is 5.91 Å². The number of sulfone groups is 1. The van der Waals surface area contributed by atoms with Crippen molar-refractivity contribution in [3.8, 4) is 0 Å². The van der Waals surface area contributed by atoms with E-state index in [2.05, 4.69) is 5.10 Å². The maximum Gasteiger partial charge on any atom is 0.274 e. The van der Waals surface area contributed by atoms with Gasteiger partial charge in [-0.05, 0) is 13.8 Å². The first-order chi connectivity index (χ1) is 8.67. The first kappa shape index (κ1) is 15.5. The molecule has 108 valence electrons. The molecule has 0 fully saturated rings. The molecule has 1 amide bonds. The largest absolute Gasteiger partial charge is 0.395 e. The first-order valence-electron chi connectivity index (χ1n) is 5.93. The molecule has 1 aromatic heterocycles. The predicted octanol–water partition coefficient (Wildman–Crippen LogP) is -0.0898. The van der Waals surface area contributed by atoms with E-state index >= 15 is 0 Å². The fourth-order valence-electron chi connectivity index (χ4n) is 1.63. The van der Waals surface area contributed by atoms with Gasteiger partial charge in [-0.2, -0.15) is 5.10 Å². The Morgan fingerprint density at radius 1 is 1.47 bits per heavy atom. The standard InChI is InChI=1S/C11H20N4O3S/c1-5-15-10(9(12)8(2)13-15)11(16)14(3)6-7-19(4,17)18/h5-7,12H2,1-4H3. The van der Waals surface area contributed by atoms with E-state index in [9.17, 15) is 13.2 Å². The van der Waals surface area contributed by atoms with Gasteiger partial charge >= 0.3 is 0 Å². The van der Waals surface area contributed by atoms with Crippen LogP contribution >= 0.6 is 0 Å². The van der Waals surface area contributed by atoms with E-state index < -0.39 is 9.84 Å². The second-order valence-electron chi connectivity index (χ2n) is 4.52. The summed E-state index contributed by atoms with van der Waals surface area (Å²) < 4.78 is 23.7. The van der Waals surface area contributed by atoms with E-state index in [0.717, 1.165) is 6.26 Å². The lowest BCUT2D eigenvalue weighted by Gasteiger charge is -2.17. The van der Waals surface area contributed by atoms with Gasteiger partial charge < -0.3 is 10.6 Å². The minimum absolute atomic E-state index is 0.0750. The predicted molar refractivity (Wildman–Crippen MR) is 73.7 cm³/mol. The van der Waals surface area contributed by atoms with Gasteiger partial charge in [0.2, 0.25) is 0 Å². The van der Waals surface area contributed by atoms with Crippen LogP contribution in [0.15, 0.2) is 0 Å². The molecule has 1 aromatic rings. The number of amides is 1. The number of hydrogen-bond acceptors (Lipinski definition) is 5. The summed E-state index contributed by atoms with van der Waals surface area (Å²) in [6, 6.07) is 0. The molecule has 0 aliphatic carbocycles. The second kappa shape index (κ2) is 5.60. The molecule has 0 aromatic carbocycles. The van der Waals surface area contributed by atoms with Crippen LogP contribution in [0.1, 0.15) is 23.1 Å². The zero-order chi connectivity index (χ0) is 14.8. The van der Waals surface area contributed by atoms with Gasteiger partial charge in [0.15, 0.2) is 0 Å². The van der Waals surface area contributed by atoms with Crippen molar-refractivity contribution in [2.75, 3.05) is 31.3 Å². The first-order valence-corrected chi connectivity index (χ1v) is 7.99. The monoisotopic (exact) mass is 288 g/mol. The Balaban J connectivity index is 2.94. The average molecular weight is 288 g/mol. The quantitative estimate of drug-likeness (QED) is 0.816. The van der Waals surface area contributed by atoms with Gasteiger partial charge in [0.05, 0.1) is 17.1 Å². The highest BCUT2D eigenvalue weighted by Gasteiger charge is 2.22. The smallest absolute Gasteiger partial charge is 0.274 e. The topological polar surface area (TPSA) is 98.3 Å². The molecule has 19 heavy (non-hydrogen) atoms. The molecule has 0 aliphatic rings. The number of nitrogens with zero attached hydrogens (tertiary/aromatic N) is 3. The number of nitrogen functional groups attached to an aromatic ring is 1. The third-order valence-electron chi connectivity index (χ3n) is 2.82. The van der Waals surface area contributed by atoms with Crippen LogP contribution in [0.3, 0.4) is 0 Å². The summed E-state index contributed by atoms with van der Waals surface area (Å²) in [5.41, 5.74) is 7.11. The Morgan fingerprint density at radius 3 is 2.53 bits per heavy atom. The van der Waals surface area contributed by atoms with Crippen LogP contribution in [0.25, 0.3) is 0 Å². The Bertz CT molecular complexity index is 577. The summed E-state index contributed by atoms with van der Waals surface area (Å²) in [7, 11) is -1.55. The summed E-state index contributed by atoms with van der Waals surface area (Å²) in [4.78, 5) is 13.6. The van der Waals surface area contributed by atoms with E-state index in [4.69, 9.17) is 5.73 Å². The highest BCUT2D eigenvalue weighted by atomic mass is 32.2. The molecule has 0 radical (unpaired) electrons. The molecule has 0 saturated carbocycles. The highest BCUT2D eigenvalue weighted by Crippen LogP contribution is 2.18. The third kappa shape index (κ3) is 3.69. The van der Waals surface area contributed by atoms with Gasteiger partial charge in [-0.1, -0.05) is 0 Å². The number of hydrogen-bond donors (Lipinski definition) is 1. The molecule has 7 nitrogen and oxygen atoms in total. The number of aromatic nitrogens is 2. The number of carbonyl (C=O) groups is 1. The van der Waals surface area contributed by atoms with Crippen LogP contribution in [0, 0.1) is 6.92 Å². The van der Waals surface area contributed by atoms with Crippen LogP contribution in [-0.2, 0) is 16.4 Å². The number of aryl methyl sites for hydroxylation is 2. The van der Waals surface area contributed by atoms with Crippen LogP contribution in [0.2, 0.25) is 0 Å². The van der Waals surface area contributed by atoms with Crippen LogP contribution in [0.5, 0.6) is 0 Å². The Hall–Kier alpha value is -1.57. The zero-order valence-electron chi connectivity index (χ0n) is 11.7. The maximum absolute atomic E-state index is 12.3. The Labute approximate surface area is 113 Å². The normalized spacial score (nSPS) is 11.6. The van der Waals surface area contributed by atoms with E-state index in [1.807, 2.05) is 6.92 Å². The van der Waals surface area contributed by atoms with Gasteiger partial charge in [0.1, 0.15) is 15.5 Å². The van der Waals surface area contributed by atoms with Crippen molar-refractivity contribution in [3.63, 3.8) is 0 Å². The molecule has 0 bridgehead atoms. The van der Waals surface area contributed by atoms with Crippen molar-refractivity contribution in [1.29, 1.82) is 0 Å². The van der Waals surface area contributed by atoms with Crippen LogP contribution in [0.4, 0.5) is 5.69 Å². The lowest BCUT2D eigenvalue weighted by atomic mass is 10.2. The molecule has 0 spiro atoms. The lowest BCUT2D eigenvalue weighted by molar-refractivity contribution is 0.0792. The van der Waals surface area contributed by atoms with Crippen molar-refractivity contribution in [1.82, 2.24) is 14.7 Å². The van der Waals surface area contributed by atoms with Gasteiger partial charge in [-0.3, -0.25) is 9.48 Å². The van der Waals surface area contributed by atoms with E-state index in [-0.39, 0.29) is 18.2 Å². The Morgan fingerprint density at radius 2 is 2.05 bits per heavy atom. The molecule has 0 aliphatic heterocycles. The summed E-state index contributed by atoms with van der Waals surface area (Å²) in [6.45, 7) is 4.25. The summed E-state index contributed by atoms with van der Waals surface area (Å²) in [5.74, 6) is -0.391. The lowest BCUT2D eigenvalue weighted by Crippen LogP contribution is -2.33. The van der Waals surface area contributed by atoms with E-state index in [0.29, 0.717) is 23.6 Å². The fraction of sp³-hybridized carbons (Fsp3) is 0.636. The minimum atomic E-state index is -3.10. The zero-order valence-corrected chi connectivity index (χ0v) is 12.5. The van der Waals surface area contributed by atoms with Crippen LogP contribution < -0.4 is 5.73 Å². The van der Waals surface area contributed by atoms with Gasteiger partial charge in [-0.15, -0.1) is 0 Å². The van der Waals surface area contributed by atoms with Gasteiger partial charge in [0, 0.05) is 26.4 Å². The molecule has 1 heterocycles. The number of anilines is 1. The average Bonchev–Trinajstić information content (AvgIpc) is 2.60. The molecule has 0 unspecified atom stereocenters. The second-order valence-corrected chi connectivity index (χ2v) is 6.78. The Kier molecular flexibility index (Phi) is 4.56. The van der Waals surface area contributed by atoms with E-state index in [1.165, 1.54) is 9.58 Å². The maximum atomic E-state index is 12.3. The summed E-state index contributed by atoms with van der Waals surface area (Å²) >= 11 is 0. The molecular weight excluding hydrogens is 268 g/mol. The molecule has 8 heteroatoms. The number of carbonyl (C=O) groups excluding carboxylic acids is 1. The summed E-state index contributed by atoms with van der Waals surface area (Å²) in [5, 5.41) is 4.17. The highest BCUT2D eigenvalue weighted by molar-refractivity contribution is 7.90.